The summed E-state index contributed by atoms with van der Waals surface area (Å²) in [6.45, 7) is 8.07. The number of rotatable bonds is 0. The zero-order chi connectivity index (χ0) is 13.1. The first-order valence-corrected chi connectivity index (χ1v) is 6.96. The predicted octanol–water partition coefficient (Wildman–Crippen LogP) is 2.44. The van der Waals surface area contributed by atoms with Crippen LogP contribution in [0.3, 0.4) is 0 Å². The fourth-order valence-electron chi connectivity index (χ4n) is 4.59. The Morgan fingerprint density at radius 1 is 1.39 bits per heavy atom. The third-order valence-corrected chi connectivity index (χ3v) is 5.60. The van der Waals surface area contributed by atoms with E-state index < -0.39 is 5.60 Å². The summed E-state index contributed by atoms with van der Waals surface area (Å²) in [5.74, 6) is 0.151. The largest absolute Gasteiger partial charge is 0.458 e. The lowest BCUT2D eigenvalue weighted by Gasteiger charge is -2.54. The van der Waals surface area contributed by atoms with Gasteiger partial charge in [0.2, 0.25) is 0 Å². The second-order valence-electron chi connectivity index (χ2n) is 6.93. The molecule has 5 unspecified atom stereocenters. The molecule has 0 aromatic carbocycles. The molecule has 2 aliphatic carbocycles. The molecule has 3 fully saturated rings. The number of ether oxygens (including phenoxy) is 1. The Hall–Kier alpha value is -0.830. The lowest BCUT2D eigenvalue weighted by atomic mass is 9.52. The molecule has 5 atom stereocenters. The molecule has 3 nitrogen and oxygen atoms in total. The van der Waals surface area contributed by atoms with Gasteiger partial charge in [0.15, 0.2) is 0 Å². The van der Waals surface area contributed by atoms with Gasteiger partial charge in [-0.15, -0.1) is 0 Å². The molecule has 1 N–H and O–H groups in total. The van der Waals surface area contributed by atoms with Crippen LogP contribution in [-0.2, 0) is 9.53 Å². The molecule has 1 saturated heterocycles. The summed E-state index contributed by atoms with van der Waals surface area (Å²) in [5.41, 5.74) is 0.112. The maximum atomic E-state index is 11.6. The van der Waals surface area contributed by atoms with Gasteiger partial charge in [-0.3, -0.25) is 0 Å². The maximum Gasteiger partial charge on any atom is 0.334 e. The molecule has 0 spiro atoms. The first-order chi connectivity index (χ1) is 8.33. The minimum atomic E-state index is -0.607. The van der Waals surface area contributed by atoms with Gasteiger partial charge in [-0.25, -0.2) is 4.79 Å². The highest BCUT2D eigenvalue weighted by Crippen LogP contribution is 2.58. The van der Waals surface area contributed by atoms with Gasteiger partial charge in [-0.2, -0.15) is 0 Å². The number of carbonyl (C=O) groups is 1. The summed E-state index contributed by atoms with van der Waals surface area (Å²) in [4.78, 5) is 11.6. The Balaban J connectivity index is 1.93. The molecule has 0 bridgehead atoms. The van der Waals surface area contributed by atoms with Gasteiger partial charge in [-0.05, 0) is 43.9 Å². The Morgan fingerprint density at radius 2 is 2.11 bits per heavy atom. The highest BCUT2D eigenvalue weighted by molar-refractivity contribution is 5.90. The van der Waals surface area contributed by atoms with Crippen molar-refractivity contribution in [3.05, 3.63) is 12.2 Å². The molecule has 2 saturated carbocycles. The summed E-state index contributed by atoms with van der Waals surface area (Å²) in [6.07, 6.45) is 4.78. The quantitative estimate of drug-likeness (QED) is 0.530. The minimum Gasteiger partial charge on any atom is -0.458 e. The van der Waals surface area contributed by atoms with Crippen molar-refractivity contribution in [1.29, 1.82) is 0 Å². The number of hydrogen-bond acceptors (Lipinski definition) is 3. The smallest absolute Gasteiger partial charge is 0.334 e. The standard InChI is InChI=1S/C15H22O3/c1-9-10-7-12-14(2,5-4-6-15(12,3)17)8-11(10)18-13(9)16/h10-12,17H,1,4-8H2,2-3H3. The molecule has 0 amide bonds. The SMILES string of the molecule is C=C1C(=O)OC2CC3(C)CCCC(C)(O)C3CC12. The van der Waals surface area contributed by atoms with Gasteiger partial charge in [0.25, 0.3) is 0 Å². The highest BCUT2D eigenvalue weighted by atomic mass is 16.6. The van der Waals surface area contributed by atoms with Crippen LogP contribution in [-0.4, -0.2) is 22.8 Å². The van der Waals surface area contributed by atoms with Crippen LogP contribution >= 0.6 is 0 Å². The van der Waals surface area contributed by atoms with E-state index in [4.69, 9.17) is 4.74 Å². The number of aliphatic hydroxyl groups is 1. The van der Waals surface area contributed by atoms with E-state index in [1.165, 1.54) is 0 Å². The van der Waals surface area contributed by atoms with Gasteiger partial charge in [0.05, 0.1) is 5.60 Å². The third kappa shape index (κ3) is 1.56. The molecule has 18 heavy (non-hydrogen) atoms. The zero-order valence-electron chi connectivity index (χ0n) is 11.2. The van der Waals surface area contributed by atoms with Crippen LogP contribution in [0, 0.1) is 17.3 Å². The molecule has 0 radical (unpaired) electrons. The van der Waals surface area contributed by atoms with Gasteiger partial charge < -0.3 is 9.84 Å². The Labute approximate surface area is 108 Å². The fourth-order valence-corrected chi connectivity index (χ4v) is 4.59. The van der Waals surface area contributed by atoms with E-state index in [9.17, 15) is 9.90 Å². The average Bonchev–Trinajstić information content (AvgIpc) is 2.51. The molecular formula is C15H22O3. The molecular weight excluding hydrogens is 228 g/mol. The average molecular weight is 250 g/mol. The van der Waals surface area contributed by atoms with Crippen LogP contribution in [0.1, 0.15) is 46.0 Å². The molecule has 0 aromatic rings. The van der Waals surface area contributed by atoms with Gasteiger partial charge in [0.1, 0.15) is 6.10 Å². The molecule has 1 heterocycles. The van der Waals surface area contributed by atoms with E-state index in [-0.39, 0.29) is 29.3 Å². The predicted molar refractivity (Wildman–Crippen MR) is 67.8 cm³/mol. The Bertz CT molecular complexity index is 412. The Morgan fingerprint density at radius 3 is 2.83 bits per heavy atom. The first kappa shape index (κ1) is 12.2. The summed E-state index contributed by atoms with van der Waals surface area (Å²) >= 11 is 0. The van der Waals surface area contributed by atoms with Crippen molar-refractivity contribution in [2.24, 2.45) is 17.3 Å². The molecule has 3 heteroatoms. The normalized spacial score (nSPS) is 51.6. The summed E-state index contributed by atoms with van der Waals surface area (Å²) in [5, 5.41) is 10.7. The van der Waals surface area contributed by atoms with E-state index in [0.29, 0.717) is 5.57 Å². The van der Waals surface area contributed by atoms with Crippen LogP contribution in [0.5, 0.6) is 0 Å². The van der Waals surface area contributed by atoms with Crippen molar-refractivity contribution in [2.45, 2.75) is 57.7 Å². The Kier molecular flexibility index (Phi) is 2.44. The highest BCUT2D eigenvalue weighted by Gasteiger charge is 2.57. The molecule has 3 rings (SSSR count). The summed E-state index contributed by atoms with van der Waals surface area (Å²) in [7, 11) is 0. The van der Waals surface area contributed by atoms with Gasteiger partial charge in [-0.1, -0.05) is 19.9 Å². The monoisotopic (exact) mass is 250 g/mol. The van der Waals surface area contributed by atoms with Crippen LogP contribution < -0.4 is 0 Å². The van der Waals surface area contributed by atoms with Crippen molar-refractivity contribution < 1.29 is 14.6 Å². The van der Waals surface area contributed by atoms with Crippen molar-refractivity contribution in [3.63, 3.8) is 0 Å². The van der Waals surface area contributed by atoms with E-state index >= 15 is 0 Å². The third-order valence-electron chi connectivity index (χ3n) is 5.60. The first-order valence-electron chi connectivity index (χ1n) is 6.96. The van der Waals surface area contributed by atoms with E-state index in [0.717, 1.165) is 32.1 Å². The van der Waals surface area contributed by atoms with Crippen LogP contribution in [0.25, 0.3) is 0 Å². The lowest BCUT2D eigenvalue weighted by molar-refractivity contribution is -0.155. The van der Waals surface area contributed by atoms with Crippen LogP contribution in [0.15, 0.2) is 12.2 Å². The van der Waals surface area contributed by atoms with Crippen molar-refractivity contribution in [3.8, 4) is 0 Å². The van der Waals surface area contributed by atoms with Gasteiger partial charge in [0, 0.05) is 11.5 Å². The minimum absolute atomic E-state index is 0.000139. The summed E-state index contributed by atoms with van der Waals surface area (Å²) < 4.78 is 5.44. The number of carbonyl (C=O) groups excluding carboxylic acids is 1. The van der Waals surface area contributed by atoms with E-state index in [2.05, 4.69) is 13.5 Å². The summed E-state index contributed by atoms with van der Waals surface area (Å²) in [6, 6.07) is 0. The second kappa shape index (κ2) is 3.60. The van der Waals surface area contributed by atoms with Crippen molar-refractivity contribution >= 4 is 5.97 Å². The van der Waals surface area contributed by atoms with Crippen molar-refractivity contribution in [2.75, 3.05) is 0 Å². The fraction of sp³-hybridized carbons (Fsp3) is 0.800. The molecule has 1 aliphatic heterocycles. The number of fused-ring (bicyclic) bond motifs is 2. The maximum absolute atomic E-state index is 11.6. The zero-order valence-corrected chi connectivity index (χ0v) is 11.2. The second-order valence-corrected chi connectivity index (χ2v) is 6.93. The van der Waals surface area contributed by atoms with Crippen LogP contribution in [0.2, 0.25) is 0 Å². The molecule has 0 aromatic heterocycles. The topological polar surface area (TPSA) is 46.5 Å². The van der Waals surface area contributed by atoms with E-state index in [1.807, 2.05) is 6.92 Å². The molecule has 100 valence electrons. The number of hydrogen-bond donors (Lipinski definition) is 1. The lowest BCUT2D eigenvalue weighted by Crippen LogP contribution is -2.53. The van der Waals surface area contributed by atoms with Crippen LogP contribution in [0.4, 0.5) is 0 Å². The number of esters is 1. The van der Waals surface area contributed by atoms with Crippen molar-refractivity contribution in [1.82, 2.24) is 0 Å². The van der Waals surface area contributed by atoms with Gasteiger partial charge >= 0.3 is 5.97 Å². The molecule has 3 aliphatic rings. The van der Waals surface area contributed by atoms with E-state index in [1.54, 1.807) is 0 Å².